The summed E-state index contributed by atoms with van der Waals surface area (Å²) in [6.45, 7) is 0. The van der Waals surface area contributed by atoms with E-state index in [1.807, 2.05) is 6.07 Å². The SMILES string of the molecule is O=P(Cl)(Cl)Oc1ccc(Cl)cc1C(Cl)(Cl)c1ccccc1. The van der Waals surface area contributed by atoms with Crippen LogP contribution in [0.4, 0.5) is 0 Å². The van der Waals surface area contributed by atoms with Gasteiger partial charge in [-0.3, -0.25) is 0 Å². The molecule has 0 spiro atoms. The number of halogens is 5. The van der Waals surface area contributed by atoms with Crippen LogP contribution in [0.2, 0.25) is 5.02 Å². The molecule has 0 radical (unpaired) electrons. The van der Waals surface area contributed by atoms with Gasteiger partial charge < -0.3 is 4.52 Å². The standard InChI is InChI=1S/C13H8Cl5O2P/c14-10-6-7-12(20-21(17,18)19)11(8-10)13(15,16)9-4-2-1-3-5-9/h1-8H. The maximum Gasteiger partial charge on any atom is 0.428 e. The van der Waals surface area contributed by atoms with Crippen molar-refractivity contribution in [1.29, 1.82) is 0 Å². The highest BCUT2D eigenvalue weighted by atomic mass is 35.9. The lowest BCUT2D eigenvalue weighted by Gasteiger charge is -2.23. The van der Waals surface area contributed by atoms with Gasteiger partial charge in [0, 0.05) is 33.1 Å². The van der Waals surface area contributed by atoms with E-state index in [2.05, 4.69) is 0 Å². The molecule has 0 bridgehead atoms. The molecule has 112 valence electrons. The highest BCUT2D eigenvalue weighted by molar-refractivity contribution is 8.05. The van der Waals surface area contributed by atoms with Crippen LogP contribution in [0.5, 0.6) is 5.75 Å². The van der Waals surface area contributed by atoms with E-state index in [0.717, 1.165) is 0 Å². The van der Waals surface area contributed by atoms with Crippen molar-refractivity contribution >= 4 is 63.4 Å². The predicted molar refractivity (Wildman–Crippen MR) is 90.3 cm³/mol. The molecule has 0 amide bonds. The first-order chi connectivity index (χ1) is 9.70. The molecule has 0 saturated carbocycles. The highest BCUT2D eigenvalue weighted by Crippen LogP contribution is 2.59. The van der Waals surface area contributed by atoms with Gasteiger partial charge in [-0.15, -0.1) is 0 Å². The van der Waals surface area contributed by atoms with Crippen molar-refractivity contribution in [2.45, 2.75) is 4.33 Å². The number of alkyl halides is 2. The van der Waals surface area contributed by atoms with Crippen LogP contribution in [0.3, 0.4) is 0 Å². The summed E-state index contributed by atoms with van der Waals surface area (Å²) in [5.41, 5.74) is 0.894. The largest absolute Gasteiger partial charge is 0.428 e. The fraction of sp³-hybridized carbons (Fsp3) is 0.0769. The minimum absolute atomic E-state index is 0.0987. The Hall–Kier alpha value is -0.0800. The van der Waals surface area contributed by atoms with E-state index in [9.17, 15) is 4.57 Å². The van der Waals surface area contributed by atoms with Gasteiger partial charge in [-0.2, -0.15) is 0 Å². The van der Waals surface area contributed by atoms with Crippen molar-refractivity contribution in [3.63, 3.8) is 0 Å². The van der Waals surface area contributed by atoms with Gasteiger partial charge in [-0.05, 0) is 23.8 Å². The lowest BCUT2D eigenvalue weighted by molar-refractivity contribution is 0.509. The van der Waals surface area contributed by atoms with E-state index in [4.69, 9.17) is 61.8 Å². The summed E-state index contributed by atoms with van der Waals surface area (Å²) in [5.74, 6) is 0.0987. The Labute approximate surface area is 146 Å². The number of benzene rings is 2. The molecule has 0 N–H and O–H groups in total. The molecule has 2 aromatic carbocycles. The molecular weight excluding hydrogens is 396 g/mol. The maximum absolute atomic E-state index is 11.5. The fourth-order valence-electron chi connectivity index (χ4n) is 1.74. The quantitative estimate of drug-likeness (QED) is 0.406. The summed E-state index contributed by atoms with van der Waals surface area (Å²) < 4.78 is 15.1. The van der Waals surface area contributed by atoms with Crippen molar-refractivity contribution in [2.24, 2.45) is 0 Å². The van der Waals surface area contributed by atoms with E-state index < -0.39 is 10.4 Å². The van der Waals surface area contributed by atoms with Gasteiger partial charge in [0.25, 0.3) is 0 Å². The molecular formula is C13H8Cl5O2P. The van der Waals surface area contributed by atoms with Gasteiger partial charge in [-0.25, -0.2) is 4.57 Å². The van der Waals surface area contributed by atoms with Crippen LogP contribution in [-0.4, -0.2) is 0 Å². The molecule has 0 aliphatic rings. The molecule has 0 fully saturated rings. The Morgan fingerprint density at radius 1 is 1.00 bits per heavy atom. The third kappa shape index (κ3) is 4.45. The predicted octanol–water partition coefficient (Wildman–Crippen LogP) is 6.98. The van der Waals surface area contributed by atoms with Gasteiger partial charge in [0.1, 0.15) is 5.75 Å². The fourth-order valence-corrected chi connectivity index (χ4v) is 3.30. The Bertz CT molecular complexity index is 684. The summed E-state index contributed by atoms with van der Waals surface area (Å²) in [4.78, 5) is 0. The zero-order chi connectivity index (χ0) is 15.7. The molecule has 0 saturated heterocycles. The molecule has 0 aromatic heterocycles. The Kier molecular flexibility index (Phi) is 5.41. The van der Waals surface area contributed by atoms with Gasteiger partial charge in [-0.1, -0.05) is 65.1 Å². The smallest absolute Gasteiger partial charge is 0.422 e. The topological polar surface area (TPSA) is 26.3 Å². The van der Waals surface area contributed by atoms with Crippen molar-refractivity contribution < 1.29 is 9.09 Å². The van der Waals surface area contributed by atoms with Crippen molar-refractivity contribution in [3.8, 4) is 5.75 Å². The van der Waals surface area contributed by atoms with Crippen LogP contribution in [0.15, 0.2) is 48.5 Å². The van der Waals surface area contributed by atoms with Crippen molar-refractivity contribution in [2.75, 3.05) is 0 Å². The Morgan fingerprint density at radius 3 is 2.19 bits per heavy atom. The average Bonchev–Trinajstić information content (AvgIpc) is 2.40. The van der Waals surface area contributed by atoms with E-state index in [1.165, 1.54) is 18.2 Å². The van der Waals surface area contributed by atoms with Gasteiger partial charge in [0.15, 0.2) is 4.33 Å². The van der Waals surface area contributed by atoms with Crippen molar-refractivity contribution in [3.05, 3.63) is 64.7 Å². The molecule has 2 nitrogen and oxygen atoms in total. The van der Waals surface area contributed by atoms with Crippen LogP contribution in [-0.2, 0) is 8.90 Å². The van der Waals surface area contributed by atoms with Crippen LogP contribution in [0.1, 0.15) is 11.1 Å². The summed E-state index contributed by atoms with van der Waals surface area (Å²) in [6.07, 6.45) is -3.81. The van der Waals surface area contributed by atoms with E-state index >= 15 is 0 Å². The summed E-state index contributed by atoms with van der Waals surface area (Å²) in [7, 11) is 0. The second-order valence-corrected chi connectivity index (χ2v) is 10.1. The summed E-state index contributed by atoms with van der Waals surface area (Å²) >= 11 is 29.8. The van der Waals surface area contributed by atoms with Crippen LogP contribution in [0, 0.1) is 0 Å². The third-order valence-electron chi connectivity index (χ3n) is 2.62. The van der Waals surface area contributed by atoms with Crippen molar-refractivity contribution in [1.82, 2.24) is 0 Å². The lowest BCUT2D eigenvalue weighted by atomic mass is 10.0. The van der Waals surface area contributed by atoms with Gasteiger partial charge in [0.05, 0.1) is 0 Å². The lowest BCUT2D eigenvalue weighted by Crippen LogP contribution is -2.13. The molecule has 0 heterocycles. The zero-order valence-corrected chi connectivity index (χ0v) is 14.9. The number of rotatable bonds is 4. The first-order valence-corrected chi connectivity index (χ1v) is 10.2. The van der Waals surface area contributed by atoms with E-state index in [-0.39, 0.29) is 5.75 Å². The molecule has 2 aromatic rings. The highest BCUT2D eigenvalue weighted by Gasteiger charge is 2.34. The van der Waals surface area contributed by atoms with E-state index in [0.29, 0.717) is 16.1 Å². The summed E-state index contributed by atoms with van der Waals surface area (Å²) in [6, 6.07) is 13.4. The Balaban J connectivity index is 2.56. The number of hydrogen-bond donors (Lipinski definition) is 0. The molecule has 0 aliphatic heterocycles. The maximum atomic E-state index is 11.5. The first-order valence-electron chi connectivity index (χ1n) is 5.62. The normalized spacial score (nSPS) is 12.2. The third-order valence-corrected chi connectivity index (χ3v) is 4.52. The zero-order valence-electron chi connectivity index (χ0n) is 10.3. The molecule has 2 rings (SSSR count). The van der Waals surface area contributed by atoms with Crippen LogP contribution in [0.25, 0.3) is 0 Å². The molecule has 0 unspecified atom stereocenters. The van der Waals surface area contributed by atoms with Gasteiger partial charge >= 0.3 is 6.07 Å². The van der Waals surface area contributed by atoms with Gasteiger partial charge in [0.2, 0.25) is 0 Å². The molecule has 0 atom stereocenters. The van der Waals surface area contributed by atoms with E-state index in [1.54, 1.807) is 24.3 Å². The number of hydrogen-bond acceptors (Lipinski definition) is 2. The Morgan fingerprint density at radius 2 is 1.62 bits per heavy atom. The molecule has 0 aliphatic carbocycles. The average molecular weight is 404 g/mol. The second-order valence-electron chi connectivity index (χ2n) is 4.09. The second kappa shape index (κ2) is 6.58. The minimum Gasteiger partial charge on any atom is -0.422 e. The first kappa shape index (κ1) is 17.3. The summed E-state index contributed by atoms with van der Waals surface area (Å²) in [5, 5.41) is 0.387. The van der Waals surface area contributed by atoms with Crippen LogP contribution < -0.4 is 4.52 Å². The molecule has 8 heteroatoms. The minimum atomic E-state index is -3.81. The van der Waals surface area contributed by atoms with Crippen LogP contribution >= 0.6 is 63.4 Å². The molecule has 21 heavy (non-hydrogen) atoms. The monoisotopic (exact) mass is 402 g/mol.